The summed E-state index contributed by atoms with van der Waals surface area (Å²) in [6.07, 6.45) is 8.60. The maximum absolute atomic E-state index is 12.1. The fourth-order valence-electron chi connectivity index (χ4n) is 5.92. The third-order valence-electron chi connectivity index (χ3n) is 6.36. The smallest absolute Gasteiger partial charge is 0.315 e. The molecule has 4 aliphatic carbocycles. The van der Waals surface area contributed by atoms with Crippen molar-refractivity contribution in [2.24, 2.45) is 23.2 Å². The van der Waals surface area contributed by atoms with Gasteiger partial charge in [-0.2, -0.15) is 0 Å². The van der Waals surface area contributed by atoms with Crippen molar-refractivity contribution in [3.63, 3.8) is 0 Å². The minimum absolute atomic E-state index is 0.0950. The van der Waals surface area contributed by atoms with Crippen LogP contribution in [0.25, 0.3) is 0 Å². The van der Waals surface area contributed by atoms with Gasteiger partial charge in [0, 0.05) is 12.6 Å². The zero-order chi connectivity index (χ0) is 15.4. The molecule has 124 valence electrons. The largest absolute Gasteiger partial charge is 0.338 e. The molecule has 5 nitrogen and oxygen atoms in total. The van der Waals surface area contributed by atoms with Gasteiger partial charge in [-0.1, -0.05) is 0 Å². The molecule has 5 rings (SSSR count). The van der Waals surface area contributed by atoms with Gasteiger partial charge in [0.15, 0.2) is 9.84 Å². The van der Waals surface area contributed by atoms with Crippen LogP contribution in [0, 0.1) is 23.2 Å². The van der Waals surface area contributed by atoms with Gasteiger partial charge in [-0.05, 0) is 68.1 Å². The number of nitrogens with one attached hydrogen (secondary N) is 2. The quantitative estimate of drug-likeness (QED) is 0.829. The highest BCUT2D eigenvalue weighted by molar-refractivity contribution is 7.91. The van der Waals surface area contributed by atoms with E-state index in [1.807, 2.05) is 0 Å². The second-order valence-corrected chi connectivity index (χ2v) is 10.6. The molecule has 1 saturated heterocycles. The normalized spacial score (nSPS) is 44.9. The van der Waals surface area contributed by atoms with Crippen molar-refractivity contribution in [3.05, 3.63) is 0 Å². The Morgan fingerprint density at radius 2 is 1.64 bits per heavy atom. The van der Waals surface area contributed by atoms with Crippen LogP contribution in [-0.4, -0.2) is 38.5 Å². The van der Waals surface area contributed by atoms with Crippen molar-refractivity contribution >= 4 is 15.9 Å². The summed E-state index contributed by atoms with van der Waals surface area (Å²) in [5.41, 5.74) is 0.327. The zero-order valence-corrected chi connectivity index (χ0v) is 13.8. The number of urea groups is 1. The fourth-order valence-corrected chi connectivity index (χ4v) is 7.59. The second kappa shape index (κ2) is 5.11. The second-order valence-electron chi connectivity index (χ2n) is 8.34. The molecule has 22 heavy (non-hydrogen) atoms. The highest BCUT2D eigenvalue weighted by Gasteiger charge is 2.50. The van der Waals surface area contributed by atoms with Crippen LogP contribution in [0.3, 0.4) is 0 Å². The Morgan fingerprint density at radius 3 is 2.14 bits per heavy atom. The third kappa shape index (κ3) is 2.86. The summed E-state index contributed by atoms with van der Waals surface area (Å²) in [4.78, 5) is 12.1. The highest BCUT2D eigenvalue weighted by atomic mass is 32.2. The van der Waals surface area contributed by atoms with Gasteiger partial charge in [-0.15, -0.1) is 0 Å². The molecular weight excluding hydrogens is 300 g/mol. The van der Waals surface area contributed by atoms with Crippen molar-refractivity contribution < 1.29 is 13.2 Å². The average Bonchev–Trinajstić information content (AvgIpc) is 2.74. The molecule has 1 aliphatic heterocycles. The maximum Gasteiger partial charge on any atom is 0.315 e. The molecule has 1 atom stereocenters. The summed E-state index contributed by atoms with van der Waals surface area (Å²) in [6.45, 7) is 0.766. The molecule has 2 amide bonds. The van der Waals surface area contributed by atoms with E-state index >= 15 is 0 Å². The minimum Gasteiger partial charge on any atom is -0.338 e. The predicted molar refractivity (Wildman–Crippen MR) is 84.2 cm³/mol. The number of carbonyl (C=O) groups excluding carboxylic acids is 1. The molecule has 2 N–H and O–H groups in total. The van der Waals surface area contributed by atoms with E-state index in [4.69, 9.17) is 0 Å². The Hall–Kier alpha value is -0.780. The molecule has 0 aromatic carbocycles. The van der Waals surface area contributed by atoms with Gasteiger partial charge in [0.2, 0.25) is 0 Å². The van der Waals surface area contributed by atoms with Crippen LogP contribution in [0.1, 0.15) is 44.9 Å². The summed E-state index contributed by atoms with van der Waals surface area (Å²) in [6, 6.07) is -0.390. The van der Waals surface area contributed by atoms with Crippen LogP contribution in [0.2, 0.25) is 0 Å². The molecule has 0 spiro atoms. The van der Waals surface area contributed by atoms with Gasteiger partial charge in [-0.25, -0.2) is 13.2 Å². The number of amides is 2. The van der Waals surface area contributed by atoms with Gasteiger partial charge in [0.05, 0.1) is 11.5 Å². The molecular formula is C16H26N2O3S. The van der Waals surface area contributed by atoms with Crippen LogP contribution in [0.5, 0.6) is 0 Å². The number of hydrogen-bond donors (Lipinski definition) is 2. The Morgan fingerprint density at radius 1 is 1.05 bits per heavy atom. The third-order valence-corrected chi connectivity index (χ3v) is 8.12. The van der Waals surface area contributed by atoms with Crippen molar-refractivity contribution in [2.45, 2.75) is 51.0 Å². The number of carbonyl (C=O) groups is 1. The molecule has 6 heteroatoms. The van der Waals surface area contributed by atoms with Crippen LogP contribution < -0.4 is 10.6 Å². The first-order valence-corrected chi connectivity index (χ1v) is 10.5. The molecule has 0 radical (unpaired) electrons. The summed E-state index contributed by atoms with van der Waals surface area (Å²) < 4.78 is 22.9. The fraction of sp³-hybridized carbons (Fsp3) is 0.938. The first-order chi connectivity index (χ1) is 10.4. The lowest BCUT2D eigenvalue weighted by Gasteiger charge is -2.56. The standard InChI is InChI=1S/C16H26N2O3S/c19-15(18-14-1-2-22(20,21)9-14)17-10-16-6-11-3-12(7-16)5-13(4-11)8-16/h11-14H,1-10H2,(H2,17,18,19). The van der Waals surface area contributed by atoms with E-state index in [0.29, 0.717) is 11.8 Å². The Bertz CT molecular complexity index is 537. The molecule has 0 aromatic heterocycles. The Kier molecular flexibility index (Phi) is 3.44. The molecule has 1 heterocycles. The summed E-state index contributed by atoms with van der Waals surface area (Å²) in [7, 11) is -2.94. The van der Waals surface area contributed by atoms with E-state index < -0.39 is 9.84 Å². The van der Waals surface area contributed by atoms with Gasteiger partial charge in [0.1, 0.15) is 0 Å². The summed E-state index contributed by atoms with van der Waals surface area (Å²) in [5.74, 6) is 2.95. The molecule has 5 fully saturated rings. The van der Waals surface area contributed by atoms with Crippen LogP contribution >= 0.6 is 0 Å². The van der Waals surface area contributed by atoms with E-state index in [0.717, 1.165) is 24.3 Å². The minimum atomic E-state index is -2.94. The lowest BCUT2D eigenvalue weighted by molar-refractivity contribution is -0.0498. The van der Waals surface area contributed by atoms with Crippen molar-refractivity contribution in [1.82, 2.24) is 10.6 Å². The van der Waals surface area contributed by atoms with E-state index in [1.165, 1.54) is 38.5 Å². The van der Waals surface area contributed by atoms with Crippen molar-refractivity contribution in [3.8, 4) is 0 Å². The maximum atomic E-state index is 12.1. The molecule has 5 aliphatic rings. The number of rotatable bonds is 3. The monoisotopic (exact) mass is 326 g/mol. The molecule has 1 unspecified atom stereocenters. The first kappa shape index (κ1) is 14.8. The van der Waals surface area contributed by atoms with Crippen molar-refractivity contribution in [2.75, 3.05) is 18.1 Å². The van der Waals surface area contributed by atoms with Gasteiger partial charge in [0.25, 0.3) is 0 Å². The van der Waals surface area contributed by atoms with Crippen LogP contribution in [-0.2, 0) is 9.84 Å². The molecule has 0 aromatic rings. The lowest BCUT2D eigenvalue weighted by Crippen LogP contribution is -2.53. The van der Waals surface area contributed by atoms with E-state index in [2.05, 4.69) is 10.6 Å². The Balaban J connectivity index is 1.30. The van der Waals surface area contributed by atoms with Gasteiger partial charge >= 0.3 is 6.03 Å². The average molecular weight is 326 g/mol. The molecule has 4 saturated carbocycles. The number of sulfone groups is 1. The van der Waals surface area contributed by atoms with Crippen molar-refractivity contribution in [1.29, 1.82) is 0 Å². The predicted octanol–water partition coefficient (Wildman–Crippen LogP) is 1.69. The Labute approximate surface area is 132 Å². The van der Waals surface area contributed by atoms with E-state index in [9.17, 15) is 13.2 Å². The highest BCUT2D eigenvalue weighted by Crippen LogP contribution is 2.59. The van der Waals surface area contributed by atoms with Crippen LogP contribution in [0.15, 0.2) is 0 Å². The van der Waals surface area contributed by atoms with Gasteiger partial charge in [-0.3, -0.25) is 0 Å². The summed E-state index contributed by atoms with van der Waals surface area (Å²) in [5, 5.41) is 5.89. The molecule has 4 bridgehead atoms. The summed E-state index contributed by atoms with van der Waals surface area (Å²) >= 11 is 0. The van der Waals surface area contributed by atoms with Crippen LogP contribution in [0.4, 0.5) is 4.79 Å². The topological polar surface area (TPSA) is 75.3 Å². The SMILES string of the molecule is O=C(NCC12CC3CC(CC(C3)C1)C2)NC1CCS(=O)(=O)C1. The zero-order valence-electron chi connectivity index (χ0n) is 13.0. The lowest BCUT2D eigenvalue weighted by atomic mass is 9.49. The first-order valence-electron chi connectivity index (χ1n) is 8.66. The van der Waals surface area contributed by atoms with E-state index in [-0.39, 0.29) is 23.6 Å². The van der Waals surface area contributed by atoms with Gasteiger partial charge < -0.3 is 10.6 Å². The van der Waals surface area contributed by atoms with E-state index in [1.54, 1.807) is 0 Å². The number of hydrogen-bond acceptors (Lipinski definition) is 3.